The molecule has 2 heteroatoms. The van der Waals surface area contributed by atoms with Crippen LogP contribution in [0.5, 0.6) is 5.75 Å². The predicted octanol–water partition coefficient (Wildman–Crippen LogP) is 4.34. The summed E-state index contributed by atoms with van der Waals surface area (Å²) in [5, 5.41) is 0. The van der Waals surface area contributed by atoms with Crippen LogP contribution in [-0.2, 0) is 0 Å². The highest BCUT2D eigenvalue weighted by Crippen LogP contribution is 2.32. The molecule has 0 saturated heterocycles. The lowest BCUT2D eigenvalue weighted by Crippen LogP contribution is -2.28. The number of rotatable bonds is 2. The van der Waals surface area contributed by atoms with Gasteiger partial charge in [0, 0.05) is 0 Å². The van der Waals surface area contributed by atoms with Gasteiger partial charge >= 0.3 is 0 Å². The van der Waals surface area contributed by atoms with Gasteiger partial charge < -0.3 is 4.74 Å². The summed E-state index contributed by atoms with van der Waals surface area (Å²) < 4.78 is 19.1. The molecule has 3 atom stereocenters. The molecule has 0 aliphatic heterocycles. The topological polar surface area (TPSA) is 9.23 Å². The Morgan fingerprint density at radius 1 is 1.18 bits per heavy atom. The van der Waals surface area contributed by atoms with E-state index >= 15 is 0 Å². The molecular weight excluding hydrogens is 215 g/mol. The standard InChI is InChI=1S/C15H21FO/c1-10-4-5-13(8-11(10)2)17-14-6-7-15(16)12(3)9-14/h6-7,9-11,13H,4-5,8H2,1-3H3. The first kappa shape index (κ1) is 12.4. The average Bonchev–Trinajstić information content (AvgIpc) is 2.29. The van der Waals surface area contributed by atoms with E-state index in [0.29, 0.717) is 11.7 Å². The Morgan fingerprint density at radius 3 is 2.59 bits per heavy atom. The van der Waals surface area contributed by atoms with Crippen LogP contribution >= 0.6 is 0 Å². The summed E-state index contributed by atoms with van der Waals surface area (Å²) in [6.07, 6.45) is 3.75. The smallest absolute Gasteiger partial charge is 0.126 e. The van der Waals surface area contributed by atoms with Gasteiger partial charge in [0.15, 0.2) is 0 Å². The number of halogens is 1. The molecule has 2 rings (SSSR count). The van der Waals surface area contributed by atoms with E-state index < -0.39 is 0 Å². The van der Waals surface area contributed by atoms with Crippen molar-refractivity contribution in [2.45, 2.75) is 46.1 Å². The van der Waals surface area contributed by atoms with Crippen LogP contribution in [0.1, 0.15) is 38.7 Å². The predicted molar refractivity (Wildman–Crippen MR) is 67.7 cm³/mol. The third kappa shape index (κ3) is 2.99. The van der Waals surface area contributed by atoms with E-state index in [-0.39, 0.29) is 5.82 Å². The lowest BCUT2D eigenvalue weighted by Gasteiger charge is -2.32. The maximum Gasteiger partial charge on any atom is 0.126 e. The average molecular weight is 236 g/mol. The van der Waals surface area contributed by atoms with E-state index in [0.717, 1.165) is 30.4 Å². The lowest BCUT2D eigenvalue weighted by molar-refractivity contribution is 0.100. The first-order chi connectivity index (χ1) is 8.06. The van der Waals surface area contributed by atoms with Crippen LogP contribution in [0.25, 0.3) is 0 Å². The number of aryl methyl sites for hydroxylation is 1. The fourth-order valence-electron chi connectivity index (χ4n) is 2.49. The molecular formula is C15H21FO. The zero-order chi connectivity index (χ0) is 12.4. The molecule has 3 unspecified atom stereocenters. The first-order valence-corrected chi connectivity index (χ1v) is 6.49. The summed E-state index contributed by atoms with van der Waals surface area (Å²) in [7, 11) is 0. The van der Waals surface area contributed by atoms with Crippen molar-refractivity contribution in [2.24, 2.45) is 11.8 Å². The fourth-order valence-corrected chi connectivity index (χ4v) is 2.49. The molecule has 17 heavy (non-hydrogen) atoms. The second-order valence-corrected chi connectivity index (χ2v) is 5.42. The molecule has 0 radical (unpaired) electrons. The zero-order valence-electron chi connectivity index (χ0n) is 10.9. The summed E-state index contributed by atoms with van der Waals surface area (Å²) in [4.78, 5) is 0. The minimum Gasteiger partial charge on any atom is -0.490 e. The van der Waals surface area contributed by atoms with Gasteiger partial charge in [-0.1, -0.05) is 13.8 Å². The largest absolute Gasteiger partial charge is 0.490 e. The molecule has 0 N–H and O–H groups in total. The van der Waals surface area contributed by atoms with Gasteiger partial charge in [0.05, 0.1) is 6.10 Å². The number of hydrogen-bond donors (Lipinski definition) is 0. The van der Waals surface area contributed by atoms with Gasteiger partial charge in [-0.15, -0.1) is 0 Å². The van der Waals surface area contributed by atoms with Crippen LogP contribution in [0.4, 0.5) is 4.39 Å². The summed E-state index contributed by atoms with van der Waals surface area (Å²) in [6, 6.07) is 5.00. The van der Waals surface area contributed by atoms with Crippen molar-refractivity contribution in [2.75, 3.05) is 0 Å². The molecule has 1 aliphatic carbocycles. The second-order valence-electron chi connectivity index (χ2n) is 5.42. The summed E-state index contributed by atoms with van der Waals surface area (Å²) in [6.45, 7) is 6.37. The Kier molecular flexibility index (Phi) is 3.70. The molecule has 0 aromatic heterocycles. The third-order valence-electron chi connectivity index (χ3n) is 3.98. The maximum absolute atomic E-state index is 13.1. The molecule has 1 aromatic rings. The molecule has 1 nitrogen and oxygen atoms in total. The Bertz CT molecular complexity index is 389. The molecule has 0 heterocycles. The molecule has 1 aromatic carbocycles. The van der Waals surface area contributed by atoms with E-state index in [2.05, 4.69) is 13.8 Å². The van der Waals surface area contributed by atoms with Gasteiger partial charge in [-0.2, -0.15) is 0 Å². The number of benzene rings is 1. The van der Waals surface area contributed by atoms with Crippen molar-refractivity contribution in [1.29, 1.82) is 0 Å². The monoisotopic (exact) mass is 236 g/mol. The van der Waals surface area contributed by atoms with Crippen LogP contribution in [0.3, 0.4) is 0 Å². The van der Waals surface area contributed by atoms with Crippen molar-refractivity contribution in [3.8, 4) is 5.75 Å². The minimum atomic E-state index is -0.164. The first-order valence-electron chi connectivity index (χ1n) is 6.49. The van der Waals surface area contributed by atoms with E-state index in [9.17, 15) is 4.39 Å². The van der Waals surface area contributed by atoms with Gasteiger partial charge in [-0.3, -0.25) is 0 Å². The van der Waals surface area contributed by atoms with E-state index in [4.69, 9.17) is 4.74 Å². The molecule has 1 aliphatic rings. The van der Waals surface area contributed by atoms with Gasteiger partial charge in [0.2, 0.25) is 0 Å². The van der Waals surface area contributed by atoms with Crippen LogP contribution in [0, 0.1) is 24.6 Å². The van der Waals surface area contributed by atoms with Crippen molar-refractivity contribution in [1.82, 2.24) is 0 Å². The Morgan fingerprint density at radius 2 is 1.94 bits per heavy atom. The third-order valence-corrected chi connectivity index (χ3v) is 3.98. The van der Waals surface area contributed by atoms with Gasteiger partial charge in [0.1, 0.15) is 11.6 Å². The minimum absolute atomic E-state index is 0.164. The van der Waals surface area contributed by atoms with Crippen molar-refractivity contribution in [3.05, 3.63) is 29.6 Å². The summed E-state index contributed by atoms with van der Waals surface area (Å²) >= 11 is 0. The fraction of sp³-hybridized carbons (Fsp3) is 0.600. The maximum atomic E-state index is 13.1. The van der Waals surface area contributed by atoms with Gasteiger partial charge in [-0.25, -0.2) is 4.39 Å². The molecule has 0 spiro atoms. The summed E-state index contributed by atoms with van der Waals surface area (Å²) in [5.41, 5.74) is 0.653. The normalized spacial score (nSPS) is 29.1. The molecule has 1 fully saturated rings. The van der Waals surface area contributed by atoms with E-state index in [1.54, 1.807) is 19.1 Å². The molecule has 1 saturated carbocycles. The lowest BCUT2D eigenvalue weighted by atomic mass is 9.80. The number of ether oxygens (including phenoxy) is 1. The Balaban J connectivity index is 1.99. The van der Waals surface area contributed by atoms with Crippen molar-refractivity contribution < 1.29 is 9.13 Å². The molecule has 0 bridgehead atoms. The summed E-state index contributed by atoms with van der Waals surface area (Å²) in [5.74, 6) is 2.15. The van der Waals surface area contributed by atoms with Gasteiger partial charge in [0.25, 0.3) is 0 Å². The zero-order valence-corrected chi connectivity index (χ0v) is 10.9. The SMILES string of the molecule is Cc1cc(OC2CCC(C)C(C)C2)ccc1F. The van der Waals surface area contributed by atoms with Crippen LogP contribution in [0.15, 0.2) is 18.2 Å². The quantitative estimate of drug-likeness (QED) is 0.742. The molecule has 94 valence electrons. The second kappa shape index (κ2) is 5.07. The highest BCUT2D eigenvalue weighted by Gasteiger charge is 2.25. The van der Waals surface area contributed by atoms with E-state index in [1.807, 2.05) is 0 Å². The van der Waals surface area contributed by atoms with Crippen molar-refractivity contribution in [3.63, 3.8) is 0 Å². The van der Waals surface area contributed by atoms with Crippen LogP contribution in [0.2, 0.25) is 0 Å². The Labute approximate surface area is 103 Å². The van der Waals surface area contributed by atoms with Gasteiger partial charge in [-0.05, 0) is 61.8 Å². The van der Waals surface area contributed by atoms with Crippen LogP contribution < -0.4 is 4.74 Å². The molecule has 0 amide bonds. The highest BCUT2D eigenvalue weighted by atomic mass is 19.1. The highest BCUT2D eigenvalue weighted by molar-refractivity contribution is 5.29. The Hall–Kier alpha value is -1.05. The van der Waals surface area contributed by atoms with E-state index in [1.165, 1.54) is 12.5 Å². The van der Waals surface area contributed by atoms with Crippen LogP contribution in [-0.4, -0.2) is 6.10 Å². The van der Waals surface area contributed by atoms with Crippen molar-refractivity contribution >= 4 is 0 Å². The number of hydrogen-bond acceptors (Lipinski definition) is 1.